The summed E-state index contributed by atoms with van der Waals surface area (Å²) >= 11 is 3.70. The van der Waals surface area contributed by atoms with Gasteiger partial charge in [-0.2, -0.15) is 0 Å². The van der Waals surface area contributed by atoms with E-state index in [1.807, 2.05) is 12.4 Å². The minimum Gasteiger partial charge on any atom is -0.383 e. The number of hydrogen-bond donors (Lipinski definition) is 3. The summed E-state index contributed by atoms with van der Waals surface area (Å²) in [5.74, 6) is 0.579. The third kappa shape index (κ3) is 3.33. The molecule has 0 aliphatic carbocycles. The van der Waals surface area contributed by atoms with Crippen molar-refractivity contribution in [2.45, 2.75) is 39.2 Å². The number of unbranched alkanes of at least 4 members (excludes halogenated alkanes) is 1. The molecule has 6 heteroatoms. The molecule has 2 atom stereocenters. The van der Waals surface area contributed by atoms with Gasteiger partial charge in [-0.1, -0.05) is 20.3 Å². The van der Waals surface area contributed by atoms with Crippen molar-refractivity contribution in [1.82, 2.24) is 9.97 Å². The first-order chi connectivity index (χ1) is 11.1. The van der Waals surface area contributed by atoms with Crippen molar-refractivity contribution in [3.8, 4) is 0 Å². The Kier molecular flexibility index (Phi) is 5.11. The van der Waals surface area contributed by atoms with Crippen LogP contribution in [0.4, 0.5) is 11.4 Å². The molecule has 1 saturated heterocycles. The average Bonchev–Trinajstić information content (AvgIpc) is 2.94. The van der Waals surface area contributed by atoms with Crippen LogP contribution in [0.2, 0.25) is 0 Å². The summed E-state index contributed by atoms with van der Waals surface area (Å²) in [6.45, 7) is 7.35. The Morgan fingerprint density at radius 1 is 1.52 bits per heavy atom. The van der Waals surface area contributed by atoms with Gasteiger partial charge in [-0.15, -0.1) is 0 Å². The fourth-order valence-corrected chi connectivity index (χ4v) is 3.76. The lowest BCUT2D eigenvalue weighted by molar-refractivity contribution is 0.379. The Hall–Kier alpha value is -1.27. The lowest BCUT2D eigenvalue weighted by Crippen LogP contribution is -2.47. The fraction of sp³-hybridized carbons (Fsp3) is 0.588. The molecular weight excluding hydrogens is 354 g/mol. The molecule has 0 amide bonds. The van der Waals surface area contributed by atoms with E-state index in [2.05, 4.69) is 50.0 Å². The van der Waals surface area contributed by atoms with Crippen molar-refractivity contribution in [3.63, 3.8) is 0 Å². The van der Waals surface area contributed by atoms with Gasteiger partial charge in [0.1, 0.15) is 5.65 Å². The largest absolute Gasteiger partial charge is 0.383 e. The number of nitrogens with zero attached hydrogens (tertiary/aromatic N) is 2. The standard InChI is InChI=1S/C17H26BrN5/c1-3-4-6-20-14-9-22-17-15(14)16(12(18)8-21-17)23-7-5-11(2)13(19)10-23/h8-9,11,13,20H,3-7,10,19H2,1-2H3,(H,21,22)/t11-,13-/m1/s1. The number of aromatic amines is 1. The quantitative estimate of drug-likeness (QED) is 0.692. The first kappa shape index (κ1) is 16.6. The van der Waals surface area contributed by atoms with Crippen LogP contribution >= 0.6 is 15.9 Å². The van der Waals surface area contributed by atoms with E-state index < -0.39 is 0 Å². The monoisotopic (exact) mass is 379 g/mol. The van der Waals surface area contributed by atoms with Crippen LogP contribution in [0.3, 0.4) is 0 Å². The SMILES string of the molecule is CCCCNc1c[nH]c2ncc(Br)c(N3CC[C@@H](C)[C@H](N)C3)c12. The maximum atomic E-state index is 6.32. The van der Waals surface area contributed by atoms with Crippen LogP contribution in [0.5, 0.6) is 0 Å². The van der Waals surface area contributed by atoms with Gasteiger partial charge in [-0.05, 0) is 34.7 Å². The van der Waals surface area contributed by atoms with E-state index in [4.69, 9.17) is 5.73 Å². The third-order valence-corrected chi connectivity index (χ3v) is 5.39. The van der Waals surface area contributed by atoms with Gasteiger partial charge in [0, 0.05) is 38.1 Å². The molecule has 3 heterocycles. The Morgan fingerprint density at radius 3 is 3.09 bits per heavy atom. The summed E-state index contributed by atoms with van der Waals surface area (Å²) in [5, 5.41) is 4.71. The summed E-state index contributed by atoms with van der Waals surface area (Å²) in [4.78, 5) is 10.2. The van der Waals surface area contributed by atoms with Crippen LogP contribution in [0.15, 0.2) is 16.9 Å². The Labute approximate surface area is 146 Å². The van der Waals surface area contributed by atoms with E-state index in [0.29, 0.717) is 5.92 Å². The molecule has 1 fully saturated rings. The Bertz CT molecular complexity index is 668. The van der Waals surface area contributed by atoms with Crippen molar-refractivity contribution in [3.05, 3.63) is 16.9 Å². The maximum Gasteiger partial charge on any atom is 0.141 e. The van der Waals surface area contributed by atoms with Gasteiger partial charge in [0.2, 0.25) is 0 Å². The lowest BCUT2D eigenvalue weighted by atomic mass is 9.94. The molecule has 1 aliphatic heterocycles. The molecule has 1 aliphatic rings. The summed E-state index contributed by atoms with van der Waals surface area (Å²) < 4.78 is 1.03. The number of nitrogens with two attached hydrogens (primary N) is 1. The van der Waals surface area contributed by atoms with E-state index in [1.165, 1.54) is 12.1 Å². The number of H-pyrrole nitrogens is 1. The fourth-order valence-electron chi connectivity index (χ4n) is 3.21. The van der Waals surface area contributed by atoms with Gasteiger partial charge in [-0.25, -0.2) is 4.98 Å². The first-order valence-electron chi connectivity index (χ1n) is 8.51. The molecule has 0 unspecified atom stereocenters. The molecular formula is C17H26BrN5. The van der Waals surface area contributed by atoms with E-state index in [0.717, 1.165) is 53.7 Å². The molecule has 23 heavy (non-hydrogen) atoms. The van der Waals surface area contributed by atoms with Crippen molar-refractivity contribution in [1.29, 1.82) is 0 Å². The number of rotatable bonds is 5. The normalized spacial score (nSPS) is 21.8. The van der Waals surface area contributed by atoms with Crippen LogP contribution in [0.25, 0.3) is 11.0 Å². The number of pyridine rings is 1. The predicted octanol–water partition coefficient (Wildman–Crippen LogP) is 3.71. The second-order valence-electron chi connectivity index (χ2n) is 6.54. The number of piperidine rings is 1. The third-order valence-electron chi connectivity index (χ3n) is 4.81. The minimum atomic E-state index is 0.217. The van der Waals surface area contributed by atoms with Gasteiger partial charge in [0.05, 0.1) is 21.2 Å². The van der Waals surface area contributed by atoms with Crippen molar-refractivity contribution >= 4 is 38.3 Å². The van der Waals surface area contributed by atoms with Crippen molar-refractivity contribution in [2.75, 3.05) is 29.9 Å². The summed E-state index contributed by atoms with van der Waals surface area (Å²) in [7, 11) is 0. The van der Waals surface area contributed by atoms with Crippen LogP contribution in [-0.2, 0) is 0 Å². The number of hydrogen-bond acceptors (Lipinski definition) is 4. The predicted molar refractivity (Wildman–Crippen MR) is 101 cm³/mol. The smallest absolute Gasteiger partial charge is 0.141 e. The highest BCUT2D eigenvalue weighted by Crippen LogP contribution is 2.39. The van der Waals surface area contributed by atoms with Crippen LogP contribution < -0.4 is 16.0 Å². The summed E-state index contributed by atoms with van der Waals surface area (Å²) in [5.41, 5.74) is 9.58. The molecule has 4 N–H and O–H groups in total. The van der Waals surface area contributed by atoms with Crippen molar-refractivity contribution < 1.29 is 0 Å². The van der Waals surface area contributed by atoms with Crippen LogP contribution in [0, 0.1) is 5.92 Å². The van der Waals surface area contributed by atoms with Crippen molar-refractivity contribution in [2.24, 2.45) is 11.7 Å². The van der Waals surface area contributed by atoms with Gasteiger partial charge >= 0.3 is 0 Å². The molecule has 0 aromatic carbocycles. The molecule has 126 valence electrons. The molecule has 2 aromatic heterocycles. The number of halogens is 1. The van der Waals surface area contributed by atoms with E-state index in [9.17, 15) is 0 Å². The zero-order valence-electron chi connectivity index (χ0n) is 13.9. The highest BCUT2D eigenvalue weighted by atomic mass is 79.9. The number of nitrogens with one attached hydrogen (secondary N) is 2. The second-order valence-corrected chi connectivity index (χ2v) is 7.39. The maximum absolute atomic E-state index is 6.32. The lowest BCUT2D eigenvalue weighted by Gasteiger charge is -2.37. The molecule has 3 rings (SSSR count). The van der Waals surface area contributed by atoms with E-state index in [-0.39, 0.29) is 6.04 Å². The summed E-state index contributed by atoms with van der Waals surface area (Å²) in [6, 6.07) is 0.217. The van der Waals surface area contributed by atoms with Crippen LogP contribution in [0.1, 0.15) is 33.1 Å². The Morgan fingerprint density at radius 2 is 2.35 bits per heavy atom. The minimum absolute atomic E-state index is 0.217. The molecule has 0 radical (unpaired) electrons. The topological polar surface area (TPSA) is 70.0 Å². The molecule has 5 nitrogen and oxygen atoms in total. The number of anilines is 2. The average molecular weight is 380 g/mol. The highest BCUT2D eigenvalue weighted by Gasteiger charge is 2.27. The van der Waals surface area contributed by atoms with E-state index >= 15 is 0 Å². The molecule has 0 bridgehead atoms. The Balaban J connectivity index is 1.97. The number of aromatic nitrogens is 2. The van der Waals surface area contributed by atoms with Gasteiger partial charge in [0.25, 0.3) is 0 Å². The number of fused-ring (bicyclic) bond motifs is 1. The van der Waals surface area contributed by atoms with Gasteiger partial charge < -0.3 is 20.9 Å². The first-order valence-corrected chi connectivity index (χ1v) is 9.31. The molecule has 0 saturated carbocycles. The van der Waals surface area contributed by atoms with Gasteiger partial charge in [-0.3, -0.25) is 0 Å². The van der Waals surface area contributed by atoms with Gasteiger partial charge in [0.15, 0.2) is 0 Å². The highest BCUT2D eigenvalue weighted by molar-refractivity contribution is 9.10. The van der Waals surface area contributed by atoms with Crippen LogP contribution in [-0.4, -0.2) is 35.6 Å². The van der Waals surface area contributed by atoms with E-state index in [1.54, 1.807) is 0 Å². The second kappa shape index (κ2) is 7.09. The summed E-state index contributed by atoms with van der Waals surface area (Å²) in [6.07, 6.45) is 7.38. The zero-order valence-corrected chi connectivity index (χ0v) is 15.5. The zero-order chi connectivity index (χ0) is 16.4. The molecule has 2 aromatic rings. The molecule has 0 spiro atoms.